The lowest BCUT2D eigenvalue weighted by molar-refractivity contribution is -0.115. The first-order chi connectivity index (χ1) is 10.1. The van der Waals surface area contributed by atoms with E-state index in [4.69, 9.17) is 4.74 Å². The maximum Gasteiger partial charge on any atom is 0.251 e. The number of hydrogen-bond donors (Lipinski definition) is 2. The molecule has 21 heavy (non-hydrogen) atoms. The first kappa shape index (κ1) is 15.5. The van der Waals surface area contributed by atoms with Crippen LogP contribution in [0.3, 0.4) is 0 Å². The van der Waals surface area contributed by atoms with Crippen molar-refractivity contribution in [1.82, 2.24) is 10.2 Å². The lowest BCUT2D eigenvalue weighted by Gasteiger charge is -2.10. The highest BCUT2D eigenvalue weighted by Gasteiger charge is 2.18. The van der Waals surface area contributed by atoms with Crippen molar-refractivity contribution in [2.45, 2.75) is 6.42 Å². The van der Waals surface area contributed by atoms with E-state index in [1.165, 1.54) is 0 Å². The van der Waals surface area contributed by atoms with Gasteiger partial charge >= 0.3 is 0 Å². The Kier molecular flexibility index (Phi) is 5.30. The van der Waals surface area contributed by atoms with Crippen LogP contribution in [0.5, 0.6) is 0 Å². The molecule has 1 aliphatic heterocycles. The zero-order valence-corrected chi connectivity index (χ0v) is 12.4. The molecule has 0 radical (unpaired) electrons. The van der Waals surface area contributed by atoms with Gasteiger partial charge in [-0.15, -0.1) is 0 Å². The minimum atomic E-state index is -0.157. The summed E-state index contributed by atoms with van der Waals surface area (Å²) in [6.07, 6.45) is 0.386. The third kappa shape index (κ3) is 4.54. The van der Waals surface area contributed by atoms with Crippen LogP contribution in [0.25, 0.3) is 0 Å². The van der Waals surface area contributed by atoms with Gasteiger partial charge in [0.2, 0.25) is 5.91 Å². The summed E-state index contributed by atoms with van der Waals surface area (Å²) in [5.74, 6) is -0.188. The fourth-order valence-electron chi connectivity index (χ4n) is 2.04. The number of fused-ring (bicyclic) bond motifs is 1. The number of carbonyl (C=O) groups excluding carboxylic acids is 2. The molecule has 0 aliphatic carbocycles. The standard InChI is InChI=1S/C15H21N3O3/c1-18(2)6-8-21-7-5-16-15(20)12-4-3-11-10-14(19)17-13(11)9-12/h3-4,9H,5-8,10H2,1-2H3,(H,16,20)(H,17,19). The van der Waals surface area contributed by atoms with E-state index in [-0.39, 0.29) is 11.8 Å². The van der Waals surface area contributed by atoms with Crippen LogP contribution in [0.4, 0.5) is 5.69 Å². The molecule has 2 rings (SSSR count). The number of benzene rings is 1. The molecule has 1 aromatic rings. The molecule has 1 heterocycles. The highest BCUT2D eigenvalue weighted by atomic mass is 16.5. The molecular formula is C15H21N3O3. The Hall–Kier alpha value is -1.92. The number of ether oxygens (including phenoxy) is 1. The topological polar surface area (TPSA) is 70.7 Å². The van der Waals surface area contributed by atoms with Crippen molar-refractivity contribution in [2.75, 3.05) is 45.7 Å². The molecule has 0 bridgehead atoms. The number of anilines is 1. The molecule has 6 nitrogen and oxygen atoms in total. The number of amides is 2. The van der Waals surface area contributed by atoms with Crippen molar-refractivity contribution in [2.24, 2.45) is 0 Å². The van der Waals surface area contributed by atoms with Crippen molar-refractivity contribution >= 4 is 17.5 Å². The Morgan fingerprint density at radius 2 is 2.19 bits per heavy atom. The summed E-state index contributed by atoms with van der Waals surface area (Å²) in [5.41, 5.74) is 2.21. The van der Waals surface area contributed by atoms with Crippen LogP contribution >= 0.6 is 0 Å². The molecule has 2 N–H and O–H groups in total. The van der Waals surface area contributed by atoms with Crippen molar-refractivity contribution in [3.63, 3.8) is 0 Å². The Morgan fingerprint density at radius 1 is 1.38 bits per heavy atom. The minimum Gasteiger partial charge on any atom is -0.378 e. The predicted molar refractivity (Wildman–Crippen MR) is 80.5 cm³/mol. The molecule has 0 fully saturated rings. The second kappa shape index (κ2) is 7.19. The molecule has 0 saturated carbocycles. The fourth-order valence-corrected chi connectivity index (χ4v) is 2.04. The first-order valence-corrected chi connectivity index (χ1v) is 6.99. The van der Waals surface area contributed by atoms with E-state index in [1.54, 1.807) is 12.1 Å². The second-order valence-corrected chi connectivity index (χ2v) is 5.27. The monoisotopic (exact) mass is 291 g/mol. The second-order valence-electron chi connectivity index (χ2n) is 5.27. The third-order valence-corrected chi connectivity index (χ3v) is 3.21. The number of hydrogen-bond acceptors (Lipinski definition) is 4. The molecule has 0 aromatic heterocycles. The van der Waals surface area contributed by atoms with Gasteiger partial charge in [0.05, 0.1) is 19.6 Å². The molecule has 1 aliphatic rings. The molecule has 0 atom stereocenters. The van der Waals surface area contributed by atoms with Crippen LogP contribution in [0.1, 0.15) is 15.9 Å². The van der Waals surface area contributed by atoms with Crippen LogP contribution in [-0.4, -0.2) is 57.1 Å². The van der Waals surface area contributed by atoms with E-state index in [2.05, 4.69) is 10.6 Å². The fraction of sp³-hybridized carbons (Fsp3) is 0.467. The van der Waals surface area contributed by atoms with Gasteiger partial charge in [-0.1, -0.05) is 6.07 Å². The maximum atomic E-state index is 12.0. The zero-order valence-electron chi connectivity index (χ0n) is 12.4. The summed E-state index contributed by atoms with van der Waals surface area (Å²) < 4.78 is 5.41. The Morgan fingerprint density at radius 3 is 2.95 bits per heavy atom. The van der Waals surface area contributed by atoms with Crippen LogP contribution < -0.4 is 10.6 Å². The zero-order chi connectivity index (χ0) is 15.2. The van der Waals surface area contributed by atoms with Gasteiger partial charge in [0.1, 0.15) is 0 Å². The number of nitrogens with one attached hydrogen (secondary N) is 2. The number of nitrogens with zero attached hydrogens (tertiary/aromatic N) is 1. The number of carbonyl (C=O) groups is 2. The van der Waals surface area contributed by atoms with E-state index in [1.807, 2.05) is 25.1 Å². The summed E-state index contributed by atoms with van der Waals surface area (Å²) in [4.78, 5) is 25.3. The molecule has 0 spiro atoms. The van der Waals surface area contributed by atoms with Crippen LogP contribution in [0.15, 0.2) is 18.2 Å². The predicted octanol–water partition coefficient (Wildman–Crippen LogP) is 0.489. The maximum absolute atomic E-state index is 12.0. The molecular weight excluding hydrogens is 270 g/mol. The van der Waals surface area contributed by atoms with Gasteiger partial charge < -0.3 is 20.3 Å². The van der Waals surface area contributed by atoms with Gasteiger partial charge in [0, 0.05) is 24.3 Å². The Bertz CT molecular complexity index is 529. The average Bonchev–Trinajstić information content (AvgIpc) is 2.81. The smallest absolute Gasteiger partial charge is 0.251 e. The highest BCUT2D eigenvalue weighted by molar-refractivity contribution is 6.02. The summed E-state index contributed by atoms with van der Waals surface area (Å²) in [6.45, 7) is 2.46. The van der Waals surface area contributed by atoms with E-state index >= 15 is 0 Å². The Balaban J connectivity index is 1.74. The van der Waals surface area contributed by atoms with Crippen molar-refractivity contribution < 1.29 is 14.3 Å². The molecule has 2 amide bonds. The van der Waals surface area contributed by atoms with Gasteiger partial charge in [-0.3, -0.25) is 9.59 Å². The average molecular weight is 291 g/mol. The van der Waals surface area contributed by atoms with Crippen LogP contribution in [0.2, 0.25) is 0 Å². The van der Waals surface area contributed by atoms with E-state index < -0.39 is 0 Å². The molecule has 1 aromatic carbocycles. The third-order valence-electron chi connectivity index (χ3n) is 3.21. The lowest BCUT2D eigenvalue weighted by Crippen LogP contribution is -2.28. The van der Waals surface area contributed by atoms with Gasteiger partial charge in [-0.25, -0.2) is 0 Å². The molecule has 0 saturated heterocycles. The van der Waals surface area contributed by atoms with Gasteiger partial charge in [0.25, 0.3) is 5.91 Å². The molecule has 114 valence electrons. The lowest BCUT2D eigenvalue weighted by atomic mass is 10.1. The number of likely N-dealkylation sites (N-methyl/N-ethyl adjacent to an activating group) is 1. The van der Waals surface area contributed by atoms with Crippen molar-refractivity contribution in [3.8, 4) is 0 Å². The van der Waals surface area contributed by atoms with Crippen molar-refractivity contribution in [3.05, 3.63) is 29.3 Å². The minimum absolute atomic E-state index is 0.0307. The normalized spacial score (nSPS) is 13.2. The summed E-state index contributed by atoms with van der Waals surface area (Å²) in [6, 6.07) is 5.26. The first-order valence-electron chi connectivity index (χ1n) is 6.99. The van der Waals surface area contributed by atoms with E-state index in [0.29, 0.717) is 31.7 Å². The van der Waals surface area contributed by atoms with Crippen LogP contribution in [0, 0.1) is 0 Å². The molecule has 6 heteroatoms. The summed E-state index contributed by atoms with van der Waals surface area (Å²) in [7, 11) is 3.97. The van der Waals surface area contributed by atoms with E-state index in [9.17, 15) is 9.59 Å². The SMILES string of the molecule is CN(C)CCOCCNC(=O)c1ccc2c(c1)NC(=O)C2. The van der Waals surface area contributed by atoms with Gasteiger partial charge in [0.15, 0.2) is 0 Å². The van der Waals surface area contributed by atoms with Crippen LogP contribution in [-0.2, 0) is 16.0 Å². The largest absolute Gasteiger partial charge is 0.378 e. The molecule has 0 unspecified atom stereocenters. The Labute approximate surface area is 124 Å². The summed E-state index contributed by atoms with van der Waals surface area (Å²) >= 11 is 0. The summed E-state index contributed by atoms with van der Waals surface area (Å²) in [5, 5.41) is 5.54. The quantitative estimate of drug-likeness (QED) is 0.717. The van der Waals surface area contributed by atoms with E-state index in [0.717, 1.165) is 17.8 Å². The number of rotatable bonds is 7. The van der Waals surface area contributed by atoms with Gasteiger partial charge in [-0.2, -0.15) is 0 Å². The highest BCUT2D eigenvalue weighted by Crippen LogP contribution is 2.23. The van der Waals surface area contributed by atoms with Crippen molar-refractivity contribution in [1.29, 1.82) is 0 Å². The van der Waals surface area contributed by atoms with Gasteiger partial charge in [-0.05, 0) is 31.8 Å².